The summed E-state index contributed by atoms with van der Waals surface area (Å²) in [5, 5.41) is 15.5. The van der Waals surface area contributed by atoms with Crippen LogP contribution in [0.4, 0.5) is 4.79 Å². The molecule has 0 bridgehead atoms. The van der Waals surface area contributed by atoms with E-state index in [0.717, 1.165) is 16.5 Å². The Morgan fingerprint density at radius 3 is 2.45 bits per heavy atom. The summed E-state index contributed by atoms with van der Waals surface area (Å²) in [7, 11) is 3.74. The first kappa shape index (κ1) is 45.1. The number of hydrogen-bond acceptors (Lipinski definition) is 12. The average molecular weight is 806 g/mol. The maximum absolute atomic E-state index is 15.1. The Balaban J connectivity index is 1.62. The van der Waals surface area contributed by atoms with Crippen molar-refractivity contribution < 1.29 is 48.0 Å². The van der Waals surface area contributed by atoms with Gasteiger partial charge in [0.15, 0.2) is 17.7 Å². The number of nitrogens with zero attached hydrogens (tertiary/aromatic N) is 2. The fourth-order valence-electron chi connectivity index (χ4n) is 9.30. The van der Waals surface area contributed by atoms with Gasteiger partial charge in [0, 0.05) is 35.4 Å². The third-order valence-electron chi connectivity index (χ3n) is 12.6. The molecule has 1 aromatic carbocycles. The van der Waals surface area contributed by atoms with Crippen LogP contribution in [0, 0.1) is 23.2 Å². The van der Waals surface area contributed by atoms with E-state index in [1.54, 1.807) is 47.7 Å². The summed E-state index contributed by atoms with van der Waals surface area (Å²) >= 11 is 0. The normalized spacial score (nSPS) is 37.9. The number of amides is 1. The average Bonchev–Trinajstić information content (AvgIpc) is 3.50. The van der Waals surface area contributed by atoms with Crippen LogP contribution in [0.5, 0.6) is 0 Å². The number of rotatable bonds is 10. The highest BCUT2D eigenvalue weighted by Crippen LogP contribution is 2.43. The summed E-state index contributed by atoms with van der Waals surface area (Å²) < 4.78 is 31.9. The first-order valence-corrected chi connectivity index (χ1v) is 20.5. The van der Waals surface area contributed by atoms with E-state index in [-0.39, 0.29) is 43.8 Å². The lowest BCUT2D eigenvalue weighted by molar-refractivity contribution is -0.297. The van der Waals surface area contributed by atoms with Gasteiger partial charge in [-0.1, -0.05) is 64.1 Å². The highest BCUT2D eigenvalue weighted by molar-refractivity contribution is 6.05. The first-order valence-electron chi connectivity index (χ1n) is 20.5. The molecule has 3 aliphatic heterocycles. The number of para-hydroxylation sites is 1. The van der Waals surface area contributed by atoms with E-state index < -0.39 is 82.9 Å². The molecule has 2 unspecified atom stereocenters. The summed E-state index contributed by atoms with van der Waals surface area (Å²) in [6.07, 6.45) is 2.28. The molecule has 0 saturated carbocycles. The number of ketones is 2. The predicted molar refractivity (Wildman–Crippen MR) is 219 cm³/mol. The zero-order chi connectivity index (χ0) is 42.7. The molecule has 0 spiro atoms. The van der Waals surface area contributed by atoms with Gasteiger partial charge in [0.1, 0.15) is 23.4 Å². The highest BCUT2D eigenvalue weighted by Gasteiger charge is 2.59. The summed E-state index contributed by atoms with van der Waals surface area (Å²) in [6, 6.07) is 8.64. The van der Waals surface area contributed by atoms with Gasteiger partial charge in [-0.05, 0) is 85.2 Å². The van der Waals surface area contributed by atoms with Crippen molar-refractivity contribution >= 4 is 40.6 Å². The van der Waals surface area contributed by atoms with Crippen LogP contribution in [-0.2, 0) is 38.1 Å². The number of allylic oxidation sites excluding steroid dienone is 1. The van der Waals surface area contributed by atoms with Gasteiger partial charge in [0.2, 0.25) is 0 Å². The minimum absolute atomic E-state index is 0.0418. The molecule has 13 nitrogen and oxygen atoms in total. The molecule has 5 rings (SSSR count). The Morgan fingerprint density at radius 1 is 1.07 bits per heavy atom. The fraction of sp³-hybridized carbons (Fsp3) is 0.622. The van der Waals surface area contributed by atoms with Gasteiger partial charge in [0.05, 0.1) is 36.0 Å². The lowest BCUT2D eigenvalue weighted by Crippen LogP contribution is -2.61. The van der Waals surface area contributed by atoms with Gasteiger partial charge in [-0.2, -0.15) is 0 Å². The number of Topliss-reactive ketones (excluding diaryl/α,β-unsaturated/α-hetero) is 2. The topological polar surface area (TPSA) is 163 Å². The standard InChI is InChI=1S/C45H63N3O10/c1-12-20-43(7)38(51)29(6)39(57-40-36(50)33(48(10)11)22-27(4)55-40)44(8,54-21-16-17-30-23-31-18-14-15-19-32(31)46-25-30)24-26(3)35(49)28(5)37-45(9,58-42(53)47-37)34(13-2)56-41(43)52/h12,14-19,23,25-29,33-34,36-37,39-40,50H,1,13,20-22,24H2,2-11H3,(H,47,53)/b17-16+/t26-,27-,28-,29+,33+,34+,36-,37?,39-,40+,43?,44+,45-/m1/s1. The molecule has 3 aliphatic rings. The number of benzene rings is 1. The maximum atomic E-state index is 15.1. The van der Waals surface area contributed by atoms with Crippen LogP contribution in [0.25, 0.3) is 17.0 Å². The minimum atomic E-state index is -1.76. The molecule has 13 atom stereocenters. The molecule has 318 valence electrons. The molecular weight excluding hydrogens is 743 g/mol. The third kappa shape index (κ3) is 9.08. The molecular formula is C45H63N3O10. The number of carbonyl (C=O) groups excluding carboxylic acids is 4. The second kappa shape index (κ2) is 18.1. The van der Waals surface area contributed by atoms with Crippen molar-refractivity contribution in [3.05, 3.63) is 60.8 Å². The Kier molecular flexibility index (Phi) is 14.1. The van der Waals surface area contributed by atoms with Crippen LogP contribution >= 0.6 is 0 Å². The van der Waals surface area contributed by atoms with Gasteiger partial charge >= 0.3 is 12.1 Å². The predicted octanol–water partition coefficient (Wildman–Crippen LogP) is 6.06. The number of alkyl carbamates (subject to hydrolysis) is 1. The van der Waals surface area contributed by atoms with E-state index >= 15 is 4.79 Å². The van der Waals surface area contributed by atoms with E-state index in [4.69, 9.17) is 23.7 Å². The number of likely N-dealkylation sites (N-methyl/N-ethyl adjacent to an activating group) is 1. The molecule has 58 heavy (non-hydrogen) atoms. The van der Waals surface area contributed by atoms with Crippen molar-refractivity contribution in [1.82, 2.24) is 15.2 Å². The van der Waals surface area contributed by atoms with Crippen molar-refractivity contribution in [2.45, 2.75) is 135 Å². The Morgan fingerprint density at radius 2 is 1.78 bits per heavy atom. The van der Waals surface area contributed by atoms with Crippen molar-refractivity contribution in [3.8, 4) is 0 Å². The van der Waals surface area contributed by atoms with Gasteiger partial charge in [-0.15, -0.1) is 6.58 Å². The van der Waals surface area contributed by atoms with Crippen molar-refractivity contribution in [2.24, 2.45) is 23.2 Å². The van der Waals surface area contributed by atoms with Crippen LogP contribution < -0.4 is 5.32 Å². The van der Waals surface area contributed by atoms with Crippen LogP contribution in [0.15, 0.2) is 55.3 Å². The maximum Gasteiger partial charge on any atom is 0.408 e. The summed E-state index contributed by atoms with van der Waals surface area (Å²) in [4.78, 5) is 63.4. The van der Waals surface area contributed by atoms with E-state index in [9.17, 15) is 19.5 Å². The number of esters is 1. The zero-order valence-corrected chi connectivity index (χ0v) is 35.7. The van der Waals surface area contributed by atoms with Gasteiger partial charge in [-0.3, -0.25) is 19.4 Å². The van der Waals surface area contributed by atoms with E-state index in [0.29, 0.717) is 6.42 Å². The quantitative estimate of drug-likeness (QED) is 0.163. The van der Waals surface area contributed by atoms with Crippen LogP contribution in [0.3, 0.4) is 0 Å². The SMILES string of the molecule is C=CCC1(C)C(=O)O[C@@H](CC)[C@@]2(C)OC(=O)NC2[C@H](C)C(=O)[C@H](C)C[C@](C)(OC/C=C/c2cnc3ccccc3c2)[C@H](O[C@@H]2O[C@H](C)C[C@H](N(C)C)[C@H]2O)[C@@H](C)C1=O. The molecule has 2 aromatic rings. The fourth-order valence-corrected chi connectivity index (χ4v) is 9.30. The molecule has 2 N–H and O–H groups in total. The van der Waals surface area contributed by atoms with Gasteiger partial charge in [0.25, 0.3) is 0 Å². The highest BCUT2D eigenvalue weighted by atomic mass is 16.7. The molecule has 0 aliphatic carbocycles. The molecule has 3 saturated heterocycles. The van der Waals surface area contributed by atoms with Crippen LogP contribution in [0.2, 0.25) is 0 Å². The van der Waals surface area contributed by atoms with E-state index in [2.05, 4.69) is 16.9 Å². The summed E-state index contributed by atoms with van der Waals surface area (Å²) in [5.74, 6) is -4.09. The number of aromatic nitrogens is 1. The number of ether oxygens (including phenoxy) is 5. The monoisotopic (exact) mass is 805 g/mol. The molecule has 13 heteroatoms. The minimum Gasteiger partial charge on any atom is -0.457 e. The van der Waals surface area contributed by atoms with Crippen LogP contribution in [0.1, 0.15) is 86.6 Å². The van der Waals surface area contributed by atoms with Crippen LogP contribution in [-0.4, -0.2) is 113 Å². The Labute approximate surface area is 342 Å². The zero-order valence-electron chi connectivity index (χ0n) is 35.7. The second-order valence-electron chi connectivity index (χ2n) is 17.4. The molecule has 0 radical (unpaired) electrons. The number of aliphatic hydroxyl groups excluding tert-OH is 1. The number of fused-ring (bicyclic) bond motifs is 2. The van der Waals surface area contributed by atoms with Gasteiger partial charge in [-0.25, -0.2) is 4.79 Å². The number of cyclic esters (lactones) is 1. The smallest absolute Gasteiger partial charge is 0.408 e. The number of carbonyl (C=O) groups is 4. The van der Waals surface area contributed by atoms with E-state index in [1.165, 1.54) is 13.0 Å². The first-order chi connectivity index (χ1) is 27.3. The number of pyridine rings is 1. The summed E-state index contributed by atoms with van der Waals surface area (Å²) in [6.45, 7) is 17.7. The number of aliphatic hydroxyl groups is 1. The third-order valence-corrected chi connectivity index (χ3v) is 12.6. The molecule has 3 fully saturated rings. The van der Waals surface area contributed by atoms with Gasteiger partial charge < -0.3 is 39.0 Å². The van der Waals surface area contributed by atoms with Crippen molar-refractivity contribution in [2.75, 3.05) is 20.7 Å². The molecule has 1 amide bonds. The Hall–Kier alpha value is -4.01. The molecule has 4 heterocycles. The summed E-state index contributed by atoms with van der Waals surface area (Å²) in [5.41, 5.74) is -2.87. The Bertz CT molecular complexity index is 1870. The van der Waals surface area contributed by atoms with Crippen molar-refractivity contribution in [3.63, 3.8) is 0 Å². The number of nitrogens with one attached hydrogen (secondary N) is 1. The lowest BCUT2D eigenvalue weighted by Gasteiger charge is -2.48. The lowest BCUT2D eigenvalue weighted by atomic mass is 9.70. The molecule has 1 aromatic heterocycles. The largest absolute Gasteiger partial charge is 0.457 e. The van der Waals surface area contributed by atoms with E-state index in [1.807, 2.05) is 68.4 Å². The van der Waals surface area contributed by atoms with Crippen molar-refractivity contribution in [1.29, 1.82) is 0 Å². The second-order valence-corrected chi connectivity index (χ2v) is 17.4. The number of hydrogen-bond donors (Lipinski definition) is 2.